The van der Waals surface area contributed by atoms with Crippen LogP contribution in [0.2, 0.25) is 0 Å². The number of hydrogen-bond donors (Lipinski definition) is 0. The molecule has 1 saturated heterocycles. The first-order valence-corrected chi connectivity index (χ1v) is 11.5. The Morgan fingerprint density at radius 3 is 2.62 bits per heavy atom. The normalized spacial score (nSPS) is 17.6. The van der Waals surface area contributed by atoms with Gasteiger partial charge in [0.15, 0.2) is 0 Å². The summed E-state index contributed by atoms with van der Waals surface area (Å²) in [6.45, 7) is 3.82. The van der Waals surface area contributed by atoms with Crippen molar-refractivity contribution in [2.24, 2.45) is 5.92 Å². The van der Waals surface area contributed by atoms with Gasteiger partial charge in [0, 0.05) is 33.2 Å². The Morgan fingerprint density at radius 1 is 1.19 bits per heavy atom. The van der Waals surface area contributed by atoms with Gasteiger partial charge in [-0.1, -0.05) is 24.3 Å². The van der Waals surface area contributed by atoms with Crippen LogP contribution in [0.1, 0.15) is 29.5 Å². The van der Waals surface area contributed by atoms with Crippen LogP contribution in [0.25, 0.3) is 0 Å². The highest BCUT2D eigenvalue weighted by atomic mass is 19.1. The molecule has 0 spiro atoms. The van der Waals surface area contributed by atoms with E-state index in [1.807, 2.05) is 24.1 Å². The number of likely N-dealkylation sites (tertiary alicyclic amines) is 1. The highest BCUT2D eigenvalue weighted by molar-refractivity contribution is 5.77. The molecule has 4 rings (SSSR count). The van der Waals surface area contributed by atoms with Crippen molar-refractivity contribution in [1.29, 1.82) is 0 Å². The van der Waals surface area contributed by atoms with Crippen molar-refractivity contribution in [3.63, 3.8) is 0 Å². The summed E-state index contributed by atoms with van der Waals surface area (Å²) < 4.78 is 24.1. The number of rotatable bonds is 8. The van der Waals surface area contributed by atoms with Crippen molar-refractivity contribution in [2.45, 2.75) is 38.3 Å². The molecule has 5 nitrogen and oxygen atoms in total. The molecule has 0 N–H and O–H groups in total. The molecule has 2 aliphatic heterocycles. The Kier molecular flexibility index (Phi) is 7.43. The number of carbonyl (C=O) groups is 1. The highest BCUT2D eigenvalue weighted by Gasteiger charge is 2.31. The fraction of sp³-hybridized carbons (Fsp3) is 0.500. The number of likely N-dealkylation sites (N-methyl/N-ethyl adjacent to an activating group) is 1. The van der Waals surface area contributed by atoms with Crippen LogP contribution < -0.4 is 4.74 Å². The van der Waals surface area contributed by atoms with Crippen molar-refractivity contribution in [1.82, 2.24) is 9.80 Å². The number of amides is 1. The number of ether oxygens (including phenoxy) is 2. The van der Waals surface area contributed by atoms with Crippen molar-refractivity contribution in [3.05, 3.63) is 65.0 Å². The van der Waals surface area contributed by atoms with E-state index in [-0.39, 0.29) is 24.4 Å². The van der Waals surface area contributed by atoms with E-state index in [0.29, 0.717) is 5.92 Å². The Hall–Kier alpha value is -2.44. The second kappa shape index (κ2) is 10.5. The second-order valence-corrected chi connectivity index (χ2v) is 8.99. The molecule has 0 aliphatic carbocycles. The predicted octanol–water partition coefficient (Wildman–Crippen LogP) is 3.69. The third kappa shape index (κ3) is 5.48. The Bertz CT molecular complexity index is 910. The maximum Gasteiger partial charge on any atom is 0.248 e. The van der Waals surface area contributed by atoms with Crippen LogP contribution in [0.5, 0.6) is 5.75 Å². The summed E-state index contributed by atoms with van der Waals surface area (Å²) in [5.41, 5.74) is 3.70. The first-order chi connectivity index (χ1) is 15.5. The summed E-state index contributed by atoms with van der Waals surface area (Å²) in [5.74, 6) is 1.18. The molecule has 2 aromatic rings. The Balaban J connectivity index is 1.39. The standard InChI is InChI=1S/C26H33FN2O3/c1-28(26(30)18-31-2)24(16-19-3-6-23(27)7-4-19)21-9-12-29(13-10-21)17-20-5-8-25-22(15-20)11-14-32-25/h3-8,15,21,24H,9-14,16-18H2,1-2H3. The van der Waals surface area contributed by atoms with Crippen LogP contribution in [-0.2, 0) is 28.9 Å². The molecule has 32 heavy (non-hydrogen) atoms. The molecule has 1 amide bonds. The summed E-state index contributed by atoms with van der Waals surface area (Å²) in [6, 6.07) is 13.3. The quantitative estimate of drug-likeness (QED) is 0.628. The summed E-state index contributed by atoms with van der Waals surface area (Å²) in [5, 5.41) is 0. The van der Waals surface area contributed by atoms with Crippen LogP contribution in [0.3, 0.4) is 0 Å². The fourth-order valence-electron chi connectivity index (χ4n) is 4.98. The van der Waals surface area contributed by atoms with E-state index in [9.17, 15) is 9.18 Å². The number of carbonyl (C=O) groups excluding carboxylic acids is 1. The number of methoxy groups -OCH3 is 1. The van der Waals surface area contributed by atoms with E-state index < -0.39 is 0 Å². The zero-order valence-electron chi connectivity index (χ0n) is 19.1. The lowest BCUT2D eigenvalue weighted by atomic mass is 9.84. The minimum absolute atomic E-state index is 0.0117. The van der Waals surface area contributed by atoms with Crippen LogP contribution >= 0.6 is 0 Å². The Morgan fingerprint density at radius 2 is 1.91 bits per heavy atom. The SMILES string of the molecule is COCC(=O)N(C)C(Cc1ccc(F)cc1)C1CCN(Cc2ccc3c(c2)CCO3)CC1. The number of fused-ring (bicyclic) bond motifs is 1. The second-order valence-electron chi connectivity index (χ2n) is 8.99. The van der Waals surface area contributed by atoms with E-state index in [2.05, 4.69) is 23.1 Å². The molecule has 2 heterocycles. The van der Waals surface area contributed by atoms with Crippen molar-refractivity contribution in [2.75, 3.05) is 40.5 Å². The average Bonchev–Trinajstić information content (AvgIpc) is 3.27. The maximum atomic E-state index is 13.4. The average molecular weight is 441 g/mol. The van der Waals surface area contributed by atoms with E-state index in [4.69, 9.17) is 9.47 Å². The molecule has 1 atom stereocenters. The fourth-order valence-corrected chi connectivity index (χ4v) is 4.98. The van der Waals surface area contributed by atoms with Crippen molar-refractivity contribution < 1.29 is 18.7 Å². The molecular weight excluding hydrogens is 407 g/mol. The van der Waals surface area contributed by atoms with E-state index >= 15 is 0 Å². The van der Waals surface area contributed by atoms with Gasteiger partial charge in [-0.15, -0.1) is 0 Å². The lowest BCUT2D eigenvalue weighted by Crippen LogP contribution is -2.48. The lowest BCUT2D eigenvalue weighted by molar-refractivity contribution is -0.137. The Labute approximate surface area is 190 Å². The lowest BCUT2D eigenvalue weighted by Gasteiger charge is -2.40. The molecule has 0 saturated carbocycles. The number of nitrogens with zero attached hydrogens (tertiary/aromatic N) is 2. The third-order valence-corrected chi connectivity index (χ3v) is 6.85. The van der Waals surface area contributed by atoms with Gasteiger partial charge < -0.3 is 14.4 Å². The molecule has 1 unspecified atom stereocenters. The van der Waals surface area contributed by atoms with Gasteiger partial charge >= 0.3 is 0 Å². The number of benzene rings is 2. The highest BCUT2D eigenvalue weighted by Crippen LogP contribution is 2.29. The summed E-state index contributed by atoms with van der Waals surface area (Å²) >= 11 is 0. The maximum absolute atomic E-state index is 13.4. The molecule has 2 aromatic carbocycles. The summed E-state index contributed by atoms with van der Waals surface area (Å²) in [4.78, 5) is 16.9. The van der Waals surface area contributed by atoms with Crippen LogP contribution in [-0.4, -0.2) is 62.2 Å². The van der Waals surface area contributed by atoms with Gasteiger partial charge in [0.25, 0.3) is 0 Å². The van der Waals surface area contributed by atoms with Crippen molar-refractivity contribution >= 4 is 5.91 Å². The predicted molar refractivity (Wildman–Crippen MR) is 122 cm³/mol. The molecule has 0 radical (unpaired) electrons. The molecule has 0 aromatic heterocycles. The number of piperidine rings is 1. The number of hydrogen-bond acceptors (Lipinski definition) is 4. The summed E-state index contributed by atoms with van der Waals surface area (Å²) in [7, 11) is 3.42. The van der Waals surface area contributed by atoms with Gasteiger partial charge in [0.05, 0.1) is 6.61 Å². The zero-order valence-corrected chi connectivity index (χ0v) is 19.1. The summed E-state index contributed by atoms with van der Waals surface area (Å²) in [6.07, 6.45) is 3.79. The minimum atomic E-state index is -0.236. The third-order valence-electron chi connectivity index (χ3n) is 6.85. The largest absolute Gasteiger partial charge is 0.493 e. The zero-order chi connectivity index (χ0) is 22.5. The van der Waals surface area contributed by atoms with Crippen LogP contribution in [0.4, 0.5) is 4.39 Å². The van der Waals surface area contributed by atoms with Crippen molar-refractivity contribution in [3.8, 4) is 5.75 Å². The minimum Gasteiger partial charge on any atom is -0.493 e. The van der Waals surface area contributed by atoms with Gasteiger partial charge in [-0.05, 0) is 73.2 Å². The van der Waals surface area contributed by atoms with Gasteiger partial charge in [-0.25, -0.2) is 4.39 Å². The van der Waals surface area contributed by atoms with Gasteiger partial charge in [-0.3, -0.25) is 9.69 Å². The topological polar surface area (TPSA) is 42.0 Å². The van der Waals surface area contributed by atoms with Gasteiger partial charge in [-0.2, -0.15) is 0 Å². The monoisotopic (exact) mass is 440 g/mol. The van der Waals surface area contributed by atoms with E-state index in [1.54, 1.807) is 7.11 Å². The van der Waals surface area contributed by atoms with Gasteiger partial charge in [0.1, 0.15) is 18.2 Å². The molecule has 6 heteroatoms. The first-order valence-electron chi connectivity index (χ1n) is 11.5. The molecule has 0 bridgehead atoms. The van der Waals surface area contributed by atoms with Crippen LogP contribution in [0.15, 0.2) is 42.5 Å². The number of halogens is 1. The molecular formula is C26H33FN2O3. The van der Waals surface area contributed by atoms with Crippen LogP contribution in [0, 0.1) is 11.7 Å². The first kappa shape index (κ1) is 22.7. The molecule has 172 valence electrons. The van der Waals surface area contributed by atoms with Gasteiger partial charge in [0.2, 0.25) is 5.91 Å². The van der Waals surface area contributed by atoms with E-state index in [1.165, 1.54) is 23.3 Å². The smallest absolute Gasteiger partial charge is 0.248 e. The van der Waals surface area contributed by atoms with E-state index in [0.717, 1.165) is 63.2 Å². The molecule has 1 fully saturated rings. The molecule has 2 aliphatic rings.